The minimum atomic E-state index is 0.0555. The highest BCUT2D eigenvalue weighted by molar-refractivity contribution is 5.96. The summed E-state index contributed by atoms with van der Waals surface area (Å²) >= 11 is 0. The lowest BCUT2D eigenvalue weighted by atomic mass is 10.1. The molecule has 1 aromatic rings. The number of hydrogen-bond acceptors (Lipinski definition) is 2. The lowest BCUT2D eigenvalue weighted by molar-refractivity contribution is -0.118. The van der Waals surface area contributed by atoms with Crippen LogP contribution in [0.5, 0.6) is 0 Å². The van der Waals surface area contributed by atoms with Gasteiger partial charge in [-0.3, -0.25) is 4.79 Å². The fourth-order valence-electron chi connectivity index (χ4n) is 3.30. The van der Waals surface area contributed by atoms with E-state index in [2.05, 4.69) is 57.0 Å². The van der Waals surface area contributed by atoms with Crippen molar-refractivity contribution in [2.75, 3.05) is 24.3 Å². The number of aryl methyl sites for hydroxylation is 1. The molecule has 2 atom stereocenters. The molecule has 22 heavy (non-hydrogen) atoms. The zero-order chi connectivity index (χ0) is 16.7. The number of amides is 1. The summed E-state index contributed by atoms with van der Waals surface area (Å²) in [6.45, 7) is 10.6. The SMILES string of the molecule is CC(C)=C[C@@H]1[C@@H](C(=O)Nc2ccc(N(C)C)c(C)c2)C1(C)C. The van der Waals surface area contributed by atoms with E-state index in [0.29, 0.717) is 5.92 Å². The van der Waals surface area contributed by atoms with Crippen LogP contribution in [0, 0.1) is 24.2 Å². The predicted octanol–water partition coefficient (Wildman–Crippen LogP) is 4.24. The van der Waals surface area contributed by atoms with Crippen LogP contribution in [-0.4, -0.2) is 20.0 Å². The molecular formula is C19H28N2O. The zero-order valence-electron chi connectivity index (χ0n) is 14.8. The Morgan fingerprint density at radius 1 is 1.27 bits per heavy atom. The van der Waals surface area contributed by atoms with Gasteiger partial charge in [-0.2, -0.15) is 0 Å². The number of carbonyl (C=O) groups is 1. The van der Waals surface area contributed by atoms with Crippen LogP contribution >= 0.6 is 0 Å². The fraction of sp³-hybridized carbons (Fsp3) is 0.526. The van der Waals surface area contributed by atoms with Gasteiger partial charge in [-0.05, 0) is 55.9 Å². The first-order valence-electron chi connectivity index (χ1n) is 7.88. The van der Waals surface area contributed by atoms with Crippen LogP contribution in [0.2, 0.25) is 0 Å². The first-order valence-corrected chi connectivity index (χ1v) is 7.88. The van der Waals surface area contributed by atoms with Gasteiger partial charge in [0, 0.05) is 25.5 Å². The van der Waals surface area contributed by atoms with Crippen molar-refractivity contribution in [3.05, 3.63) is 35.4 Å². The summed E-state index contributed by atoms with van der Waals surface area (Å²) in [5.41, 5.74) is 4.55. The van der Waals surface area contributed by atoms with Crippen molar-refractivity contribution < 1.29 is 4.79 Å². The molecule has 0 saturated heterocycles. The number of hydrogen-bond donors (Lipinski definition) is 1. The molecule has 0 aromatic heterocycles. The third-order valence-electron chi connectivity index (χ3n) is 4.65. The molecule has 1 amide bonds. The van der Waals surface area contributed by atoms with Gasteiger partial charge in [-0.25, -0.2) is 0 Å². The monoisotopic (exact) mass is 300 g/mol. The Morgan fingerprint density at radius 2 is 1.91 bits per heavy atom. The second kappa shape index (κ2) is 5.79. The summed E-state index contributed by atoms with van der Waals surface area (Å²) in [4.78, 5) is 14.6. The number of nitrogens with one attached hydrogen (secondary N) is 1. The maximum atomic E-state index is 12.6. The van der Waals surface area contributed by atoms with Crippen molar-refractivity contribution in [3.63, 3.8) is 0 Å². The average molecular weight is 300 g/mol. The standard InChI is InChI=1S/C19H28N2O/c1-12(2)10-15-17(19(15,4)5)18(22)20-14-8-9-16(21(6)7)13(3)11-14/h8-11,15,17H,1-7H3,(H,20,22)/t15-,17+/m1/s1. The van der Waals surface area contributed by atoms with Crippen LogP contribution in [0.1, 0.15) is 33.3 Å². The van der Waals surface area contributed by atoms with Crippen LogP contribution in [0.3, 0.4) is 0 Å². The van der Waals surface area contributed by atoms with Gasteiger partial charge >= 0.3 is 0 Å². The van der Waals surface area contributed by atoms with Crippen LogP contribution in [-0.2, 0) is 4.79 Å². The van der Waals surface area contributed by atoms with Crippen molar-refractivity contribution >= 4 is 17.3 Å². The van der Waals surface area contributed by atoms with Crippen molar-refractivity contribution in [2.45, 2.75) is 34.6 Å². The second-order valence-corrected chi connectivity index (χ2v) is 7.45. The van der Waals surface area contributed by atoms with Crippen LogP contribution in [0.25, 0.3) is 0 Å². The Kier molecular flexibility index (Phi) is 4.37. The highest BCUT2D eigenvalue weighted by Gasteiger charge is 2.60. The highest BCUT2D eigenvalue weighted by atomic mass is 16.2. The molecule has 0 bridgehead atoms. The van der Waals surface area contributed by atoms with E-state index < -0.39 is 0 Å². The third-order valence-corrected chi connectivity index (χ3v) is 4.65. The summed E-state index contributed by atoms with van der Waals surface area (Å²) in [6, 6.07) is 6.07. The Labute approximate surface area is 134 Å². The van der Waals surface area contributed by atoms with Crippen molar-refractivity contribution in [1.29, 1.82) is 0 Å². The lowest BCUT2D eigenvalue weighted by Crippen LogP contribution is -2.17. The fourth-order valence-corrected chi connectivity index (χ4v) is 3.30. The molecule has 1 fully saturated rings. The summed E-state index contributed by atoms with van der Waals surface area (Å²) in [5, 5.41) is 3.08. The molecule has 3 nitrogen and oxygen atoms in total. The van der Waals surface area contributed by atoms with E-state index in [1.807, 2.05) is 26.2 Å². The van der Waals surface area contributed by atoms with Crippen LogP contribution < -0.4 is 10.2 Å². The van der Waals surface area contributed by atoms with Gasteiger partial charge < -0.3 is 10.2 Å². The number of nitrogens with zero attached hydrogens (tertiary/aromatic N) is 1. The number of carbonyl (C=O) groups excluding carboxylic acids is 1. The maximum absolute atomic E-state index is 12.6. The quantitative estimate of drug-likeness (QED) is 0.844. The summed E-state index contributed by atoms with van der Waals surface area (Å²) in [6.07, 6.45) is 2.23. The van der Waals surface area contributed by atoms with Gasteiger partial charge in [0.2, 0.25) is 5.91 Å². The molecule has 0 spiro atoms. The molecule has 1 N–H and O–H groups in total. The summed E-state index contributed by atoms with van der Waals surface area (Å²) < 4.78 is 0. The molecule has 1 aliphatic carbocycles. The topological polar surface area (TPSA) is 32.3 Å². The van der Waals surface area contributed by atoms with Gasteiger partial charge in [0.1, 0.15) is 0 Å². The largest absolute Gasteiger partial charge is 0.377 e. The first-order chi connectivity index (χ1) is 10.1. The van der Waals surface area contributed by atoms with Gasteiger partial charge in [0.05, 0.1) is 5.92 Å². The van der Waals surface area contributed by atoms with E-state index >= 15 is 0 Å². The molecule has 1 aromatic carbocycles. The van der Waals surface area contributed by atoms with Crippen molar-refractivity contribution in [1.82, 2.24) is 0 Å². The van der Waals surface area contributed by atoms with Gasteiger partial charge in [-0.15, -0.1) is 0 Å². The smallest absolute Gasteiger partial charge is 0.228 e. The molecule has 0 unspecified atom stereocenters. The number of benzene rings is 1. The molecule has 3 heteroatoms. The Hall–Kier alpha value is -1.77. The zero-order valence-corrected chi connectivity index (χ0v) is 14.8. The minimum Gasteiger partial charge on any atom is -0.377 e. The van der Waals surface area contributed by atoms with Crippen molar-refractivity contribution in [3.8, 4) is 0 Å². The normalized spacial score (nSPS) is 22.0. The van der Waals surface area contributed by atoms with E-state index in [1.54, 1.807) is 0 Å². The van der Waals surface area contributed by atoms with Crippen molar-refractivity contribution in [2.24, 2.45) is 17.3 Å². The van der Waals surface area contributed by atoms with E-state index in [0.717, 1.165) is 5.69 Å². The van der Waals surface area contributed by atoms with Crippen LogP contribution in [0.15, 0.2) is 29.8 Å². The molecule has 120 valence electrons. The molecule has 2 rings (SSSR count). The maximum Gasteiger partial charge on any atom is 0.228 e. The number of allylic oxidation sites excluding steroid dienone is 2. The Balaban J connectivity index is 2.10. The highest BCUT2D eigenvalue weighted by Crippen LogP contribution is 2.59. The summed E-state index contributed by atoms with van der Waals surface area (Å²) in [7, 11) is 4.05. The van der Waals surface area contributed by atoms with Gasteiger partial charge in [0.25, 0.3) is 0 Å². The van der Waals surface area contributed by atoms with E-state index in [1.165, 1.54) is 16.8 Å². The second-order valence-electron chi connectivity index (χ2n) is 7.45. The van der Waals surface area contributed by atoms with Gasteiger partial charge in [-0.1, -0.05) is 25.5 Å². The molecule has 0 radical (unpaired) electrons. The molecule has 0 heterocycles. The Bertz CT molecular complexity index is 610. The van der Waals surface area contributed by atoms with Gasteiger partial charge in [0.15, 0.2) is 0 Å². The van der Waals surface area contributed by atoms with E-state index in [9.17, 15) is 4.79 Å². The molecule has 1 saturated carbocycles. The molecule has 1 aliphatic rings. The Morgan fingerprint density at radius 3 is 2.41 bits per heavy atom. The van der Waals surface area contributed by atoms with E-state index in [4.69, 9.17) is 0 Å². The molecule has 0 aliphatic heterocycles. The summed E-state index contributed by atoms with van der Waals surface area (Å²) in [5.74, 6) is 0.542. The first kappa shape index (κ1) is 16.6. The molecular weight excluding hydrogens is 272 g/mol. The predicted molar refractivity (Wildman–Crippen MR) is 94.3 cm³/mol. The number of anilines is 2. The minimum absolute atomic E-state index is 0.0555. The average Bonchev–Trinajstić information content (AvgIpc) is 2.89. The number of rotatable bonds is 4. The van der Waals surface area contributed by atoms with Crippen LogP contribution in [0.4, 0.5) is 11.4 Å². The third kappa shape index (κ3) is 3.18. The van der Waals surface area contributed by atoms with E-state index in [-0.39, 0.29) is 17.2 Å². The lowest BCUT2D eigenvalue weighted by Gasteiger charge is -2.16.